The van der Waals surface area contributed by atoms with Crippen LogP contribution in [0.4, 0.5) is 0 Å². The summed E-state index contributed by atoms with van der Waals surface area (Å²) in [5.74, 6) is -2.08. The van der Waals surface area contributed by atoms with Gasteiger partial charge >= 0.3 is 11.4 Å². The Bertz CT molecular complexity index is 886. The normalized spacial score (nSPS) is 26.9. The second-order valence-corrected chi connectivity index (χ2v) is 7.14. The van der Waals surface area contributed by atoms with Crippen LogP contribution in [0.2, 0.25) is 0 Å². The SMILES string of the molecule is O=[N+]([O-])C1=C(O)/C(=[N+](\[O-])O)[C@H](S(=O)(=O)O)/C(=[N+](\[O-])O)[C@H]1S(=O)(=O)O. The molecule has 1 aliphatic carbocycles. The van der Waals surface area contributed by atoms with Crippen LogP contribution in [0.15, 0.2) is 11.5 Å². The molecule has 0 bridgehead atoms. The van der Waals surface area contributed by atoms with Crippen LogP contribution in [0.5, 0.6) is 0 Å². The van der Waals surface area contributed by atoms with E-state index in [9.17, 15) is 42.5 Å². The molecule has 1 rings (SSSR count). The molecule has 0 spiro atoms. The Morgan fingerprint density at radius 1 is 0.875 bits per heavy atom. The lowest BCUT2D eigenvalue weighted by Gasteiger charge is -2.20. The molecular formula is C6H7N3O13S2. The summed E-state index contributed by atoms with van der Waals surface area (Å²) in [6.07, 6.45) is 0. The van der Waals surface area contributed by atoms with Crippen molar-refractivity contribution in [3.8, 4) is 0 Å². The van der Waals surface area contributed by atoms with Crippen LogP contribution in [0.1, 0.15) is 0 Å². The number of nitrogens with zero attached hydrogens (tertiary/aromatic N) is 3. The summed E-state index contributed by atoms with van der Waals surface area (Å²) in [5.41, 5.74) is -6.06. The first kappa shape index (κ1) is 19.3. The van der Waals surface area contributed by atoms with Crippen molar-refractivity contribution in [3.63, 3.8) is 0 Å². The van der Waals surface area contributed by atoms with Gasteiger partial charge in [0.05, 0.1) is 4.92 Å². The molecule has 5 N–H and O–H groups in total. The van der Waals surface area contributed by atoms with E-state index in [0.717, 1.165) is 0 Å². The maximum absolute atomic E-state index is 11.3. The molecule has 0 unspecified atom stereocenters. The molecule has 2 atom stereocenters. The third-order valence-electron chi connectivity index (χ3n) is 2.74. The summed E-state index contributed by atoms with van der Waals surface area (Å²) in [6.45, 7) is 0. The second kappa shape index (κ2) is 5.74. The standard InChI is InChI=1S/C6H7N3O13S2/c10-4-1(7(11)12)5(23(17,18)19)3(9(15)16)6(24(20,21)22)2(4)8(13)14/h5-6,10H,(H,11,12)(H,15,16)(H,17,18,19)(H,20,21,22)/t5-,6-/m0/s1. The largest absolute Gasteiger partial charge is 0.498 e. The number of rotatable bonds is 3. The number of allylic oxidation sites excluding steroid dienone is 1. The van der Waals surface area contributed by atoms with Crippen LogP contribution in [-0.4, -0.2) is 78.1 Å². The molecule has 0 radical (unpaired) electrons. The van der Waals surface area contributed by atoms with Gasteiger partial charge in [-0.15, -0.1) is 0 Å². The second-order valence-electron chi connectivity index (χ2n) is 4.14. The fourth-order valence-corrected chi connectivity index (χ4v) is 4.07. The molecule has 0 aromatic heterocycles. The van der Waals surface area contributed by atoms with Gasteiger partial charge in [0.15, 0.2) is 0 Å². The molecular weight excluding hydrogens is 386 g/mol. The fraction of sp³-hybridized carbons (Fsp3) is 0.333. The highest BCUT2D eigenvalue weighted by atomic mass is 32.2. The molecule has 1 aliphatic rings. The van der Waals surface area contributed by atoms with Gasteiger partial charge in [-0.2, -0.15) is 16.8 Å². The molecule has 0 amide bonds. The van der Waals surface area contributed by atoms with E-state index in [1.807, 2.05) is 0 Å². The van der Waals surface area contributed by atoms with Crippen molar-refractivity contribution < 1.29 is 56.2 Å². The van der Waals surface area contributed by atoms with Crippen LogP contribution in [-0.2, 0) is 20.2 Å². The molecule has 0 aromatic carbocycles. The zero-order valence-electron chi connectivity index (χ0n) is 10.8. The predicted octanol–water partition coefficient (Wildman–Crippen LogP) is -2.76. The van der Waals surface area contributed by atoms with Gasteiger partial charge in [0.25, 0.3) is 42.2 Å². The molecule has 0 saturated heterocycles. The smallest absolute Gasteiger partial charge is 0.325 e. The molecule has 0 heterocycles. The number of hydrogen-bond donors (Lipinski definition) is 5. The highest BCUT2D eigenvalue weighted by molar-refractivity contribution is 7.89. The lowest BCUT2D eigenvalue weighted by atomic mass is 9.97. The van der Waals surface area contributed by atoms with E-state index in [4.69, 9.17) is 19.5 Å². The first-order valence-electron chi connectivity index (χ1n) is 5.18. The Morgan fingerprint density at radius 2 is 1.29 bits per heavy atom. The third-order valence-corrected chi connectivity index (χ3v) is 4.86. The highest BCUT2D eigenvalue weighted by Gasteiger charge is 2.65. The predicted molar refractivity (Wildman–Crippen MR) is 68.2 cm³/mol. The van der Waals surface area contributed by atoms with Crippen molar-refractivity contribution in [2.24, 2.45) is 0 Å². The van der Waals surface area contributed by atoms with E-state index >= 15 is 0 Å². The van der Waals surface area contributed by atoms with E-state index < -0.39 is 68.3 Å². The maximum Gasteiger partial charge on any atom is 0.325 e. The molecule has 24 heavy (non-hydrogen) atoms. The minimum absolute atomic E-state index is 1.51. The summed E-state index contributed by atoms with van der Waals surface area (Å²) in [4.78, 5) is 6.05. The molecule has 0 saturated carbocycles. The van der Waals surface area contributed by atoms with Crippen molar-refractivity contribution in [2.75, 3.05) is 0 Å². The summed E-state index contributed by atoms with van der Waals surface area (Å²) < 4.78 is 63.1. The maximum atomic E-state index is 11.3. The number of nitro groups is 1. The average Bonchev–Trinajstić information content (AvgIpc) is 2.33. The molecule has 0 fully saturated rings. The monoisotopic (exact) mass is 393 g/mol. The topological polar surface area (TPSA) is 265 Å². The minimum Gasteiger partial charge on any atom is -0.498 e. The van der Waals surface area contributed by atoms with Gasteiger partial charge in [0.2, 0.25) is 0 Å². The van der Waals surface area contributed by atoms with Crippen LogP contribution in [0.3, 0.4) is 0 Å². The Morgan fingerprint density at radius 3 is 1.54 bits per heavy atom. The van der Waals surface area contributed by atoms with Crippen molar-refractivity contribution in [2.45, 2.75) is 10.5 Å². The van der Waals surface area contributed by atoms with Crippen LogP contribution < -0.4 is 0 Å². The van der Waals surface area contributed by atoms with E-state index in [1.54, 1.807) is 0 Å². The molecule has 0 aromatic rings. The Labute approximate surface area is 131 Å². The molecule has 18 heteroatoms. The average molecular weight is 393 g/mol. The third kappa shape index (κ3) is 3.15. The van der Waals surface area contributed by atoms with Crippen molar-refractivity contribution in [1.29, 1.82) is 0 Å². The number of aliphatic hydroxyl groups is 1. The summed E-state index contributed by atoms with van der Waals surface area (Å²) in [6, 6.07) is 0. The van der Waals surface area contributed by atoms with E-state index in [2.05, 4.69) is 0 Å². The Hall–Kier alpha value is -2.70. The van der Waals surface area contributed by atoms with E-state index in [0.29, 0.717) is 0 Å². The van der Waals surface area contributed by atoms with Crippen LogP contribution in [0.25, 0.3) is 0 Å². The first-order valence-corrected chi connectivity index (χ1v) is 8.19. The lowest BCUT2D eigenvalue weighted by molar-refractivity contribution is -0.731. The molecule has 136 valence electrons. The van der Waals surface area contributed by atoms with Gasteiger partial charge in [-0.3, -0.25) is 29.6 Å². The summed E-state index contributed by atoms with van der Waals surface area (Å²) in [5, 5.41) is 53.7. The Balaban J connectivity index is 4.23. The van der Waals surface area contributed by atoms with E-state index in [-0.39, 0.29) is 0 Å². The molecule has 16 nitrogen and oxygen atoms in total. The van der Waals surface area contributed by atoms with Crippen molar-refractivity contribution in [3.05, 3.63) is 32.0 Å². The van der Waals surface area contributed by atoms with Gasteiger partial charge in [-0.1, -0.05) is 0 Å². The highest BCUT2D eigenvalue weighted by Crippen LogP contribution is 2.29. The van der Waals surface area contributed by atoms with Crippen molar-refractivity contribution in [1.82, 2.24) is 0 Å². The first-order chi connectivity index (χ1) is 10.6. The molecule has 0 aliphatic heterocycles. The fourth-order valence-electron chi connectivity index (χ4n) is 1.96. The van der Waals surface area contributed by atoms with Gasteiger partial charge < -0.3 is 15.5 Å². The van der Waals surface area contributed by atoms with Gasteiger partial charge in [0, 0.05) is 9.80 Å². The minimum atomic E-state index is -5.78. The van der Waals surface area contributed by atoms with Gasteiger partial charge in [-0.05, 0) is 0 Å². The number of aliphatic hydroxyl groups excluding tert-OH is 1. The zero-order chi connectivity index (χ0) is 19.2. The zero-order valence-corrected chi connectivity index (χ0v) is 12.4. The summed E-state index contributed by atoms with van der Waals surface area (Å²) in [7, 11) is -11.5. The van der Waals surface area contributed by atoms with Crippen LogP contribution in [0, 0.1) is 20.5 Å². The summed E-state index contributed by atoms with van der Waals surface area (Å²) >= 11 is 0. The van der Waals surface area contributed by atoms with Gasteiger partial charge in [-0.25, -0.2) is 0 Å². The van der Waals surface area contributed by atoms with Crippen molar-refractivity contribution >= 4 is 31.7 Å². The number of hydrogen-bond acceptors (Lipinski definition) is 11. The lowest BCUT2D eigenvalue weighted by Crippen LogP contribution is -2.57. The van der Waals surface area contributed by atoms with Gasteiger partial charge in [0.1, 0.15) is 0 Å². The van der Waals surface area contributed by atoms with Crippen LogP contribution >= 0.6 is 0 Å². The van der Waals surface area contributed by atoms with E-state index in [1.165, 1.54) is 0 Å². The Kier molecular flexibility index (Phi) is 4.63. The quantitative estimate of drug-likeness (QED) is 0.107.